The number of benzene rings is 7. The lowest BCUT2D eigenvalue weighted by Crippen LogP contribution is -2.12. The minimum atomic E-state index is 0.577. The second-order valence-electron chi connectivity index (χ2n) is 13.8. The number of anilines is 3. The molecule has 0 N–H and O–H groups in total. The van der Waals surface area contributed by atoms with Gasteiger partial charge in [0.2, 0.25) is 5.89 Å². The van der Waals surface area contributed by atoms with Crippen LogP contribution in [0.2, 0.25) is 0 Å². The maximum Gasteiger partial charge on any atom is 0.227 e. The zero-order valence-corrected chi connectivity index (χ0v) is 30.5. The van der Waals surface area contributed by atoms with Crippen LogP contribution in [-0.4, -0.2) is 50.0 Å². The van der Waals surface area contributed by atoms with E-state index in [0.29, 0.717) is 11.4 Å². The summed E-state index contributed by atoms with van der Waals surface area (Å²) in [5, 5.41) is 31.6. The highest BCUT2D eigenvalue weighted by Crippen LogP contribution is 2.46. The van der Waals surface area contributed by atoms with Gasteiger partial charge in [0.1, 0.15) is 38.6 Å². The van der Waals surface area contributed by atoms with Gasteiger partial charge in [-0.15, -0.1) is 0 Å². The van der Waals surface area contributed by atoms with Gasteiger partial charge in [0.15, 0.2) is 5.58 Å². The predicted octanol–water partition coefficient (Wildman–Crippen LogP) is 9.30. The van der Waals surface area contributed by atoms with Crippen LogP contribution in [0.15, 0.2) is 138 Å². The molecule has 0 saturated heterocycles. The highest BCUT2D eigenvalue weighted by Gasteiger charge is 2.27. The molecule has 12 heteroatoms. The van der Waals surface area contributed by atoms with Crippen LogP contribution >= 0.6 is 0 Å². The molecule has 0 aliphatic heterocycles. The van der Waals surface area contributed by atoms with Crippen LogP contribution in [0, 0.1) is 0 Å². The van der Waals surface area contributed by atoms with Crippen LogP contribution in [0.1, 0.15) is 0 Å². The number of hydrogen-bond donors (Lipinski definition) is 0. The Morgan fingerprint density at radius 2 is 0.982 bits per heavy atom. The Hall–Kier alpha value is -7.73. The molecule has 7 aromatic carbocycles. The van der Waals surface area contributed by atoms with Gasteiger partial charge >= 0.3 is 0 Å². The lowest BCUT2D eigenvalue weighted by atomic mass is 9.98. The van der Waals surface area contributed by atoms with Crippen molar-refractivity contribution in [2.45, 2.75) is 0 Å². The Labute approximate surface area is 318 Å². The summed E-state index contributed by atoms with van der Waals surface area (Å²) in [6.45, 7) is 0. The van der Waals surface area contributed by atoms with Gasteiger partial charge in [-0.1, -0.05) is 66.7 Å². The fourth-order valence-electron chi connectivity index (χ4n) is 7.73. The topological polar surface area (TPSA) is 121 Å². The van der Waals surface area contributed by atoms with Gasteiger partial charge in [0, 0.05) is 37.8 Å². The quantitative estimate of drug-likeness (QED) is 0.165. The van der Waals surface area contributed by atoms with E-state index in [9.17, 15) is 0 Å². The standard InChI is InChI=1S/C44H31N11O/c1-52-46-34-12-8-13-35(41(34)49-52)55(37-24-22-32(40-43(37)51-54(3)48-40)30-20-15-26-9-4-5-10-29(26)25-30)36-23-21-31(39-42(36)50-53(2)47-39)27-16-18-28(19-17-27)44-45-33-11-6-7-14-38(33)56-44/h4-25H,1-3H3. The second kappa shape index (κ2) is 12.1. The fourth-order valence-corrected chi connectivity index (χ4v) is 7.73. The third-order valence-corrected chi connectivity index (χ3v) is 10.2. The van der Waals surface area contributed by atoms with E-state index in [0.717, 1.165) is 88.9 Å². The van der Waals surface area contributed by atoms with E-state index in [2.05, 4.69) is 99.9 Å². The highest BCUT2D eigenvalue weighted by molar-refractivity contribution is 6.09. The molecule has 0 aliphatic rings. The number of nitrogens with zero attached hydrogens (tertiary/aromatic N) is 11. The van der Waals surface area contributed by atoms with Gasteiger partial charge in [-0.3, -0.25) is 0 Å². The highest BCUT2D eigenvalue weighted by atomic mass is 16.3. The molecule has 0 bridgehead atoms. The van der Waals surface area contributed by atoms with E-state index in [1.54, 1.807) is 14.4 Å². The first-order valence-electron chi connectivity index (χ1n) is 18.2. The monoisotopic (exact) mass is 729 g/mol. The number of fused-ring (bicyclic) bond motifs is 5. The van der Waals surface area contributed by atoms with E-state index < -0.39 is 0 Å². The molecule has 0 unspecified atom stereocenters. The van der Waals surface area contributed by atoms with E-state index in [1.807, 2.05) is 69.7 Å². The first-order chi connectivity index (χ1) is 27.4. The van der Waals surface area contributed by atoms with Crippen LogP contribution < -0.4 is 4.90 Å². The van der Waals surface area contributed by atoms with Crippen molar-refractivity contribution in [1.82, 2.24) is 50.0 Å². The summed E-state index contributed by atoms with van der Waals surface area (Å²) in [6, 6.07) is 45.3. The van der Waals surface area contributed by atoms with Crippen molar-refractivity contribution in [2.75, 3.05) is 4.90 Å². The Morgan fingerprint density at radius 3 is 1.71 bits per heavy atom. The normalized spacial score (nSPS) is 11.8. The minimum Gasteiger partial charge on any atom is -0.436 e. The molecule has 0 aliphatic carbocycles. The smallest absolute Gasteiger partial charge is 0.227 e. The van der Waals surface area contributed by atoms with Gasteiger partial charge in [0.25, 0.3) is 0 Å². The molecule has 0 saturated carbocycles. The van der Waals surface area contributed by atoms with Gasteiger partial charge in [0.05, 0.1) is 17.1 Å². The summed E-state index contributed by atoms with van der Waals surface area (Å²) in [5.41, 5.74) is 13.4. The maximum absolute atomic E-state index is 6.05. The Balaban J connectivity index is 1.10. The number of oxazole rings is 1. The van der Waals surface area contributed by atoms with Crippen molar-refractivity contribution < 1.29 is 4.42 Å². The SMILES string of the molecule is Cn1nc2cccc(N(c3ccc(-c4ccc(-c5nc6ccccc6o5)cc4)c4nn(C)nc34)c3ccc(-c4ccc5ccccc5c4)c4nn(C)nc34)c2n1. The Morgan fingerprint density at radius 1 is 0.429 bits per heavy atom. The van der Waals surface area contributed by atoms with Crippen molar-refractivity contribution in [3.8, 4) is 33.7 Å². The molecular weight excluding hydrogens is 699 g/mol. The molecule has 0 spiro atoms. The molecule has 0 radical (unpaired) electrons. The second-order valence-corrected chi connectivity index (χ2v) is 13.8. The lowest BCUT2D eigenvalue weighted by molar-refractivity contribution is 0.620. The summed E-state index contributed by atoms with van der Waals surface area (Å²) < 4.78 is 6.05. The van der Waals surface area contributed by atoms with Gasteiger partial charge < -0.3 is 9.32 Å². The van der Waals surface area contributed by atoms with Crippen LogP contribution in [0.4, 0.5) is 17.1 Å². The lowest BCUT2D eigenvalue weighted by Gasteiger charge is -2.26. The van der Waals surface area contributed by atoms with Crippen molar-refractivity contribution >= 4 is 72.0 Å². The fraction of sp³-hybridized carbons (Fsp3) is 0.0682. The molecular formula is C44H31N11O. The summed E-state index contributed by atoms with van der Waals surface area (Å²) in [6.07, 6.45) is 0. The van der Waals surface area contributed by atoms with Crippen LogP contribution in [0.5, 0.6) is 0 Å². The van der Waals surface area contributed by atoms with Crippen LogP contribution in [-0.2, 0) is 21.1 Å². The number of para-hydroxylation sites is 2. The van der Waals surface area contributed by atoms with Crippen molar-refractivity contribution in [3.05, 3.63) is 133 Å². The summed E-state index contributed by atoms with van der Waals surface area (Å²) in [5.74, 6) is 0.577. The first kappa shape index (κ1) is 31.8. The molecule has 12 nitrogen and oxygen atoms in total. The van der Waals surface area contributed by atoms with Crippen LogP contribution in [0.3, 0.4) is 0 Å². The van der Waals surface area contributed by atoms with Crippen molar-refractivity contribution in [3.63, 3.8) is 0 Å². The number of aryl methyl sites for hydroxylation is 3. The first-order valence-corrected chi connectivity index (χ1v) is 18.2. The largest absolute Gasteiger partial charge is 0.436 e. The average Bonchev–Trinajstić information content (AvgIpc) is 4.02. The van der Waals surface area contributed by atoms with E-state index in [-0.39, 0.29) is 0 Å². The predicted molar refractivity (Wildman–Crippen MR) is 219 cm³/mol. The minimum absolute atomic E-state index is 0.577. The molecule has 11 rings (SSSR count). The van der Waals surface area contributed by atoms with Gasteiger partial charge in [-0.25, -0.2) is 4.98 Å². The zero-order chi connectivity index (χ0) is 37.5. The number of hydrogen-bond acceptors (Lipinski definition) is 9. The number of aromatic nitrogens is 10. The van der Waals surface area contributed by atoms with Crippen molar-refractivity contribution in [1.29, 1.82) is 0 Å². The van der Waals surface area contributed by atoms with E-state index in [1.165, 1.54) is 5.39 Å². The van der Waals surface area contributed by atoms with Crippen molar-refractivity contribution in [2.24, 2.45) is 21.1 Å². The summed E-state index contributed by atoms with van der Waals surface area (Å²) >= 11 is 0. The average molecular weight is 730 g/mol. The molecule has 4 aromatic heterocycles. The summed E-state index contributed by atoms with van der Waals surface area (Å²) in [7, 11) is 5.53. The summed E-state index contributed by atoms with van der Waals surface area (Å²) in [4.78, 5) is 11.7. The van der Waals surface area contributed by atoms with Crippen LogP contribution in [0.25, 0.3) is 88.7 Å². The van der Waals surface area contributed by atoms with E-state index in [4.69, 9.17) is 29.9 Å². The third-order valence-electron chi connectivity index (χ3n) is 10.2. The van der Waals surface area contributed by atoms with Gasteiger partial charge in [-0.05, 0) is 88.6 Å². The Kier molecular flexibility index (Phi) is 6.89. The molecule has 11 aromatic rings. The number of rotatable bonds is 6. The Bertz CT molecular complexity index is 3280. The van der Waals surface area contributed by atoms with Gasteiger partial charge in [-0.2, -0.15) is 45.0 Å². The third kappa shape index (κ3) is 5.03. The molecule has 268 valence electrons. The molecule has 56 heavy (non-hydrogen) atoms. The van der Waals surface area contributed by atoms with E-state index >= 15 is 0 Å². The maximum atomic E-state index is 6.05. The zero-order valence-electron chi connectivity index (χ0n) is 30.5. The molecule has 0 amide bonds. The molecule has 0 fully saturated rings. The molecule has 4 heterocycles. The molecule has 0 atom stereocenters.